The Kier molecular flexibility index (Phi) is 4.15. The van der Waals surface area contributed by atoms with Crippen LogP contribution in [0.2, 0.25) is 0 Å². The number of rotatable bonds is 4. The normalized spacial score (nSPS) is 12.6. The summed E-state index contributed by atoms with van der Waals surface area (Å²) in [5.74, 6) is 0. The third-order valence-corrected chi connectivity index (χ3v) is 5.19. The molecule has 0 spiro atoms. The van der Waals surface area contributed by atoms with E-state index in [9.17, 15) is 0 Å². The highest BCUT2D eigenvalue weighted by molar-refractivity contribution is 6.17. The van der Waals surface area contributed by atoms with E-state index in [-0.39, 0.29) is 5.29 Å². The Hall–Kier alpha value is -0.323. The summed E-state index contributed by atoms with van der Waals surface area (Å²) in [6.07, 6.45) is 0. The van der Waals surface area contributed by atoms with E-state index in [1.807, 2.05) is 14.1 Å². The maximum absolute atomic E-state index is 4.15. The lowest BCUT2D eigenvalue weighted by Crippen LogP contribution is -2.59. The van der Waals surface area contributed by atoms with Gasteiger partial charge >= 0.3 is 0 Å². The highest BCUT2D eigenvalue weighted by atomic mass is 28.1. The van der Waals surface area contributed by atoms with Gasteiger partial charge in [0.05, 0.1) is 15.5 Å². The van der Waals surface area contributed by atoms with Crippen molar-refractivity contribution >= 4 is 10.2 Å². The van der Waals surface area contributed by atoms with Crippen LogP contribution in [0.25, 0.3) is 0 Å². The van der Waals surface area contributed by atoms with E-state index in [4.69, 9.17) is 0 Å². The fourth-order valence-electron chi connectivity index (χ4n) is 1.34. The molecule has 78 valence electrons. The zero-order chi connectivity index (χ0) is 10.8. The van der Waals surface area contributed by atoms with Gasteiger partial charge in [0.25, 0.3) is 0 Å². The van der Waals surface area contributed by atoms with Gasteiger partial charge in [-0.2, -0.15) is 0 Å². The molecule has 0 amide bonds. The lowest BCUT2D eigenvalue weighted by molar-refractivity contribution is 0.0963. The maximum atomic E-state index is 4.15. The second-order valence-corrected chi connectivity index (χ2v) is 5.55. The van der Waals surface area contributed by atoms with Gasteiger partial charge < -0.3 is 4.90 Å². The van der Waals surface area contributed by atoms with Crippen LogP contribution in [-0.4, -0.2) is 72.5 Å². The Morgan fingerprint density at radius 2 is 1.31 bits per heavy atom. The molecule has 0 aliphatic heterocycles. The predicted octanol–water partition coefficient (Wildman–Crippen LogP) is -0.796. The fraction of sp³-hybridized carbons (Fsp3) is 0.778. The molecule has 0 radical (unpaired) electrons. The molecule has 0 heterocycles. The van der Waals surface area contributed by atoms with Crippen molar-refractivity contribution in [1.29, 1.82) is 0 Å². The molecular formula is C9H23N3Si. The number of likely N-dealkylation sites (N-methyl/N-ethyl adjacent to an activating group) is 3. The summed E-state index contributed by atoms with van der Waals surface area (Å²) < 4.78 is 0. The van der Waals surface area contributed by atoms with Gasteiger partial charge in [-0.3, -0.25) is 9.80 Å². The van der Waals surface area contributed by atoms with Crippen molar-refractivity contribution in [3.8, 4) is 0 Å². The summed E-state index contributed by atoms with van der Waals surface area (Å²) in [5, 5.41) is 0.0174. The molecular weight excluding hydrogens is 178 g/mol. The van der Waals surface area contributed by atoms with Gasteiger partial charge in [-0.15, -0.1) is 0 Å². The summed E-state index contributed by atoms with van der Waals surface area (Å²) in [5.41, 5.74) is 1.15. The van der Waals surface area contributed by atoms with Crippen LogP contribution in [-0.2, 0) is 0 Å². The molecule has 0 rings (SSSR count). The van der Waals surface area contributed by atoms with E-state index in [2.05, 4.69) is 49.5 Å². The Balaban J connectivity index is 4.91. The number of hydrogen-bond donors (Lipinski definition) is 0. The molecule has 0 aromatic carbocycles. The standard InChI is InChI=1S/C9H23N3Si/c1-8(10(2)3)9(13,11(4)5)12(6)7/h1H2,2-7,13H3. The molecule has 0 aromatic rings. The minimum absolute atomic E-state index is 0.0174. The Labute approximate surface area is 85.4 Å². The van der Waals surface area contributed by atoms with Gasteiger partial charge in [0, 0.05) is 19.8 Å². The summed E-state index contributed by atoms with van der Waals surface area (Å²) in [6.45, 7) is 4.15. The Bertz CT molecular complexity index is 179. The van der Waals surface area contributed by atoms with Crippen LogP contribution in [0.15, 0.2) is 12.3 Å². The zero-order valence-corrected chi connectivity index (χ0v) is 12.0. The van der Waals surface area contributed by atoms with E-state index >= 15 is 0 Å². The smallest absolute Gasteiger partial charge is 0.0902 e. The molecule has 0 atom stereocenters. The van der Waals surface area contributed by atoms with E-state index < -0.39 is 0 Å². The summed E-state index contributed by atoms with van der Waals surface area (Å²) in [7, 11) is 13.5. The van der Waals surface area contributed by atoms with Crippen molar-refractivity contribution in [1.82, 2.24) is 14.7 Å². The molecule has 0 fully saturated rings. The Morgan fingerprint density at radius 1 is 1.00 bits per heavy atom. The Morgan fingerprint density at radius 3 is 1.38 bits per heavy atom. The average Bonchev–Trinajstić information content (AvgIpc) is 2.00. The lowest BCUT2D eigenvalue weighted by atomic mass is 10.3. The van der Waals surface area contributed by atoms with Crippen molar-refractivity contribution in [2.24, 2.45) is 0 Å². The lowest BCUT2D eigenvalue weighted by Gasteiger charge is -2.46. The van der Waals surface area contributed by atoms with Gasteiger partial charge in [-0.25, -0.2) is 0 Å². The molecule has 0 saturated heterocycles. The molecule has 0 N–H and O–H groups in total. The predicted molar refractivity (Wildman–Crippen MR) is 62.9 cm³/mol. The monoisotopic (exact) mass is 201 g/mol. The van der Waals surface area contributed by atoms with Gasteiger partial charge in [-0.1, -0.05) is 6.58 Å². The second kappa shape index (κ2) is 4.26. The van der Waals surface area contributed by atoms with E-state index in [0.29, 0.717) is 0 Å². The van der Waals surface area contributed by atoms with Crippen molar-refractivity contribution in [2.45, 2.75) is 5.29 Å². The van der Waals surface area contributed by atoms with E-state index in [1.165, 1.54) is 0 Å². The largest absolute Gasteiger partial charge is 0.379 e. The van der Waals surface area contributed by atoms with Crippen molar-refractivity contribution in [3.05, 3.63) is 12.3 Å². The minimum Gasteiger partial charge on any atom is -0.379 e. The van der Waals surface area contributed by atoms with Crippen LogP contribution in [0.1, 0.15) is 0 Å². The second-order valence-electron chi connectivity index (χ2n) is 4.15. The molecule has 0 aliphatic carbocycles. The molecule has 4 heteroatoms. The van der Waals surface area contributed by atoms with Crippen molar-refractivity contribution in [3.63, 3.8) is 0 Å². The maximum Gasteiger partial charge on any atom is 0.0902 e. The quantitative estimate of drug-likeness (QED) is 0.436. The van der Waals surface area contributed by atoms with Crippen LogP contribution >= 0.6 is 0 Å². The first-order valence-corrected chi connectivity index (χ1v) is 5.46. The molecule has 0 aliphatic rings. The third-order valence-electron chi connectivity index (χ3n) is 2.83. The van der Waals surface area contributed by atoms with Crippen molar-refractivity contribution < 1.29 is 0 Å². The SMILES string of the molecule is C=C(N(C)C)C([SiH3])(N(C)C)N(C)C. The van der Waals surface area contributed by atoms with Crippen LogP contribution in [0, 0.1) is 0 Å². The molecule has 0 saturated carbocycles. The first-order valence-electron chi connectivity index (χ1n) is 4.46. The van der Waals surface area contributed by atoms with Crippen LogP contribution in [0.4, 0.5) is 0 Å². The van der Waals surface area contributed by atoms with Crippen LogP contribution in [0.3, 0.4) is 0 Å². The highest BCUT2D eigenvalue weighted by Gasteiger charge is 2.33. The van der Waals surface area contributed by atoms with Crippen LogP contribution in [0.5, 0.6) is 0 Å². The topological polar surface area (TPSA) is 9.72 Å². The average molecular weight is 201 g/mol. The van der Waals surface area contributed by atoms with E-state index in [1.54, 1.807) is 0 Å². The van der Waals surface area contributed by atoms with Gasteiger partial charge in [0.2, 0.25) is 0 Å². The minimum atomic E-state index is 0.0174. The first-order chi connectivity index (χ1) is 5.74. The summed E-state index contributed by atoms with van der Waals surface area (Å²) >= 11 is 0. The summed E-state index contributed by atoms with van der Waals surface area (Å²) in [4.78, 5) is 6.54. The summed E-state index contributed by atoms with van der Waals surface area (Å²) in [6, 6.07) is 0. The molecule has 0 unspecified atom stereocenters. The molecule has 0 aromatic heterocycles. The first kappa shape index (κ1) is 12.7. The fourth-order valence-corrected chi connectivity index (χ4v) is 1.79. The van der Waals surface area contributed by atoms with E-state index in [0.717, 1.165) is 15.9 Å². The van der Waals surface area contributed by atoms with Crippen LogP contribution < -0.4 is 0 Å². The van der Waals surface area contributed by atoms with Gasteiger partial charge in [-0.05, 0) is 28.2 Å². The highest BCUT2D eigenvalue weighted by Crippen LogP contribution is 2.21. The number of nitrogens with zero attached hydrogens (tertiary/aromatic N) is 3. The zero-order valence-electron chi connectivity index (χ0n) is 10.0. The van der Waals surface area contributed by atoms with Gasteiger partial charge in [0.15, 0.2) is 0 Å². The molecule has 3 nitrogen and oxygen atoms in total. The molecule has 13 heavy (non-hydrogen) atoms. The molecule has 0 bridgehead atoms. The van der Waals surface area contributed by atoms with Crippen molar-refractivity contribution in [2.75, 3.05) is 42.3 Å². The third kappa shape index (κ3) is 2.33. The van der Waals surface area contributed by atoms with Gasteiger partial charge in [0.1, 0.15) is 0 Å². The number of hydrogen-bond acceptors (Lipinski definition) is 3.